The molecule has 0 saturated carbocycles. The van der Waals surface area contributed by atoms with Crippen molar-refractivity contribution in [2.24, 2.45) is 5.16 Å². The number of hydrogen-bond acceptors (Lipinski definition) is 8. The number of ether oxygens (including phenoxy) is 1. The molecule has 176 valence electrons. The van der Waals surface area contributed by atoms with Gasteiger partial charge < -0.3 is 30.8 Å². The lowest BCUT2D eigenvalue weighted by molar-refractivity contribution is 0.215. The first-order valence-corrected chi connectivity index (χ1v) is 10.9. The Hall–Kier alpha value is -4.34. The number of nitrogens with zero attached hydrogens (tertiary/aromatic N) is 4. The van der Waals surface area contributed by atoms with Gasteiger partial charge in [0.05, 0.1) is 11.8 Å². The van der Waals surface area contributed by atoms with Crippen LogP contribution in [0, 0.1) is 0 Å². The van der Waals surface area contributed by atoms with E-state index in [-0.39, 0.29) is 12.1 Å². The number of anilines is 3. The fourth-order valence-electron chi connectivity index (χ4n) is 3.70. The third kappa shape index (κ3) is 5.91. The number of carbonyl (C=O) groups excluding carboxylic acids is 1. The number of carbonyl (C=O) groups is 1. The van der Waals surface area contributed by atoms with Crippen molar-refractivity contribution in [1.29, 1.82) is 0 Å². The molecule has 2 heterocycles. The number of nitrogens with two attached hydrogens (primary N) is 1. The molecule has 34 heavy (non-hydrogen) atoms. The van der Waals surface area contributed by atoms with Crippen LogP contribution in [0.5, 0.6) is 11.5 Å². The maximum Gasteiger partial charge on any atom is 0.319 e. The molecule has 10 heteroatoms. The topological polar surface area (TPSA) is 127 Å². The molecule has 1 aromatic heterocycles. The van der Waals surface area contributed by atoms with Gasteiger partial charge in [0, 0.05) is 24.8 Å². The van der Waals surface area contributed by atoms with E-state index in [2.05, 4.69) is 30.7 Å². The molecule has 10 nitrogen and oxygen atoms in total. The quantitative estimate of drug-likeness (QED) is 0.362. The highest BCUT2D eigenvalue weighted by Gasteiger charge is 2.24. The number of oxime groups is 1. The van der Waals surface area contributed by atoms with Crippen LogP contribution in [0.3, 0.4) is 0 Å². The first kappa shape index (κ1) is 22.8. The van der Waals surface area contributed by atoms with Crippen molar-refractivity contribution >= 4 is 29.6 Å². The summed E-state index contributed by atoms with van der Waals surface area (Å²) in [6.07, 6.45) is 4.48. The Morgan fingerprint density at radius 1 is 1.09 bits per heavy atom. The monoisotopic (exact) mass is 461 g/mol. The molecule has 0 bridgehead atoms. The summed E-state index contributed by atoms with van der Waals surface area (Å²) in [6, 6.07) is 16.6. The second-order valence-corrected chi connectivity index (χ2v) is 7.71. The number of nitrogens with one attached hydrogen (secondary N) is 2. The van der Waals surface area contributed by atoms with Crippen molar-refractivity contribution in [3.8, 4) is 11.5 Å². The second kappa shape index (κ2) is 11.0. The number of benzene rings is 2. The minimum Gasteiger partial charge on any atom is -0.457 e. The van der Waals surface area contributed by atoms with Crippen LogP contribution in [0.25, 0.3) is 0 Å². The van der Waals surface area contributed by atoms with Crippen LogP contribution in [0.15, 0.2) is 66.1 Å². The van der Waals surface area contributed by atoms with Crippen molar-refractivity contribution in [1.82, 2.24) is 15.3 Å². The third-order valence-corrected chi connectivity index (χ3v) is 5.40. The average Bonchev–Trinajstić information content (AvgIpc) is 2.85. The number of piperidine rings is 1. The van der Waals surface area contributed by atoms with Crippen LogP contribution in [-0.4, -0.2) is 48.5 Å². The summed E-state index contributed by atoms with van der Waals surface area (Å²) >= 11 is 0. The summed E-state index contributed by atoms with van der Waals surface area (Å²) in [7, 11) is 1.46. The Labute approximate surface area is 197 Å². The molecule has 0 unspecified atom stereocenters. The molecule has 4 N–H and O–H groups in total. The predicted octanol–water partition coefficient (Wildman–Crippen LogP) is 3.62. The molecule has 0 aliphatic carbocycles. The molecule has 0 radical (unpaired) electrons. The first-order valence-electron chi connectivity index (χ1n) is 10.9. The molecule has 1 saturated heterocycles. The van der Waals surface area contributed by atoms with E-state index in [1.54, 1.807) is 0 Å². The van der Waals surface area contributed by atoms with E-state index in [4.69, 9.17) is 15.3 Å². The van der Waals surface area contributed by atoms with Crippen LogP contribution in [-0.2, 0) is 4.84 Å². The lowest BCUT2D eigenvalue weighted by atomic mass is 10.0. The van der Waals surface area contributed by atoms with Crippen molar-refractivity contribution in [3.63, 3.8) is 0 Å². The molecule has 0 spiro atoms. The van der Waals surface area contributed by atoms with E-state index in [0.717, 1.165) is 18.6 Å². The van der Waals surface area contributed by atoms with Gasteiger partial charge in [-0.15, -0.1) is 0 Å². The van der Waals surface area contributed by atoms with E-state index in [1.807, 2.05) is 54.6 Å². The van der Waals surface area contributed by atoms with E-state index >= 15 is 0 Å². The van der Waals surface area contributed by atoms with E-state index < -0.39 is 0 Å². The molecular weight excluding hydrogens is 434 g/mol. The first-order chi connectivity index (χ1) is 16.6. The zero-order valence-corrected chi connectivity index (χ0v) is 18.8. The lowest BCUT2D eigenvalue weighted by Gasteiger charge is -2.33. The van der Waals surface area contributed by atoms with Crippen molar-refractivity contribution in [2.75, 3.05) is 36.1 Å². The highest BCUT2D eigenvalue weighted by Crippen LogP contribution is 2.24. The number of rotatable bonds is 7. The second-order valence-electron chi connectivity index (χ2n) is 7.71. The Morgan fingerprint density at radius 3 is 2.50 bits per heavy atom. The van der Waals surface area contributed by atoms with Crippen LogP contribution in [0.1, 0.15) is 18.4 Å². The normalized spacial score (nSPS) is 14.1. The number of para-hydroxylation sites is 1. The molecule has 4 rings (SSSR count). The Bertz CT molecular complexity index is 1120. The van der Waals surface area contributed by atoms with Gasteiger partial charge in [-0.1, -0.05) is 23.4 Å². The van der Waals surface area contributed by atoms with Gasteiger partial charge in [0.1, 0.15) is 36.6 Å². The Balaban J connectivity index is 1.27. The van der Waals surface area contributed by atoms with Gasteiger partial charge in [0.25, 0.3) is 0 Å². The number of hydrogen-bond donors (Lipinski definition) is 3. The summed E-state index contributed by atoms with van der Waals surface area (Å²) < 4.78 is 5.78. The number of urea groups is 1. The summed E-state index contributed by atoms with van der Waals surface area (Å²) in [5, 5.41) is 9.71. The van der Waals surface area contributed by atoms with Crippen molar-refractivity contribution in [2.45, 2.75) is 18.9 Å². The van der Waals surface area contributed by atoms with E-state index in [1.165, 1.54) is 19.7 Å². The molecule has 1 aliphatic heterocycles. The van der Waals surface area contributed by atoms with E-state index in [9.17, 15) is 4.79 Å². The fraction of sp³-hybridized carbons (Fsp3) is 0.250. The number of aromatic nitrogens is 2. The van der Waals surface area contributed by atoms with Crippen LogP contribution >= 0.6 is 0 Å². The smallest absolute Gasteiger partial charge is 0.319 e. The van der Waals surface area contributed by atoms with Gasteiger partial charge in [-0.2, -0.15) is 0 Å². The predicted molar refractivity (Wildman–Crippen MR) is 131 cm³/mol. The largest absolute Gasteiger partial charge is 0.457 e. The summed E-state index contributed by atoms with van der Waals surface area (Å²) in [5.74, 6) is 2.50. The fourth-order valence-corrected chi connectivity index (χ4v) is 3.70. The molecule has 1 aliphatic rings. The van der Waals surface area contributed by atoms with Crippen LogP contribution in [0.4, 0.5) is 22.1 Å². The summed E-state index contributed by atoms with van der Waals surface area (Å²) in [4.78, 5) is 27.8. The minimum absolute atomic E-state index is 0.0483. The minimum atomic E-state index is -0.241. The Morgan fingerprint density at radius 2 is 1.79 bits per heavy atom. The zero-order valence-electron chi connectivity index (χ0n) is 18.8. The van der Waals surface area contributed by atoms with Gasteiger partial charge in [0.2, 0.25) is 0 Å². The number of nitrogen functional groups attached to an aromatic ring is 1. The van der Waals surface area contributed by atoms with Crippen molar-refractivity contribution in [3.05, 3.63) is 66.5 Å². The summed E-state index contributed by atoms with van der Waals surface area (Å²) in [5.41, 5.74) is 7.29. The Kier molecular flexibility index (Phi) is 7.39. The average molecular weight is 462 g/mol. The van der Waals surface area contributed by atoms with Gasteiger partial charge in [-0.05, 0) is 49.2 Å². The van der Waals surface area contributed by atoms with Crippen molar-refractivity contribution < 1.29 is 14.4 Å². The number of amides is 2. The van der Waals surface area contributed by atoms with Gasteiger partial charge in [0.15, 0.2) is 0 Å². The maximum absolute atomic E-state index is 12.5. The van der Waals surface area contributed by atoms with E-state index in [0.29, 0.717) is 41.7 Å². The molecule has 0 atom stereocenters. The van der Waals surface area contributed by atoms with Gasteiger partial charge in [-0.25, -0.2) is 14.8 Å². The lowest BCUT2D eigenvalue weighted by Crippen LogP contribution is -2.46. The molecule has 1 fully saturated rings. The molecule has 2 aromatic carbocycles. The molecule has 3 aromatic rings. The zero-order chi connectivity index (χ0) is 23.8. The SMILES string of the molecule is CON=Cc1c(N)ncnc1N1CCC(NC(=O)Nc2ccc(Oc3ccccc3)cc2)CC1. The van der Waals surface area contributed by atoms with Gasteiger partial charge >= 0.3 is 6.03 Å². The highest BCUT2D eigenvalue weighted by atomic mass is 16.6. The third-order valence-electron chi connectivity index (χ3n) is 5.40. The van der Waals surface area contributed by atoms with Crippen LogP contribution in [0.2, 0.25) is 0 Å². The van der Waals surface area contributed by atoms with Crippen LogP contribution < -0.4 is 26.0 Å². The molecular formula is C24H27N7O3. The standard InChI is InChI=1S/C24H27N7O3/c1-33-28-15-21-22(25)26-16-27-23(21)31-13-11-18(12-14-31)30-24(32)29-17-7-9-20(10-8-17)34-19-5-3-2-4-6-19/h2-10,15-16,18H,11-14H2,1H3,(H2,25,26,27)(H2,29,30,32). The molecule has 2 amide bonds. The maximum atomic E-state index is 12.5. The van der Waals surface area contributed by atoms with Gasteiger partial charge in [-0.3, -0.25) is 0 Å². The summed E-state index contributed by atoms with van der Waals surface area (Å²) in [6.45, 7) is 1.42. The highest BCUT2D eigenvalue weighted by molar-refractivity contribution is 5.92.